The monoisotopic (exact) mass is 245 g/mol. The first kappa shape index (κ1) is 12.8. The van der Waals surface area contributed by atoms with Gasteiger partial charge in [-0.3, -0.25) is 9.48 Å². The highest BCUT2D eigenvalue weighted by Crippen LogP contribution is 2.47. The number of carbonyl (C=O) groups excluding carboxylic acids is 1. The van der Waals surface area contributed by atoms with Gasteiger partial charge in [-0.1, -0.05) is 20.8 Å². The molecule has 1 aliphatic carbocycles. The van der Waals surface area contributed by atoms with Gasteiger partial charge in [-0.2, -0.15) is 10.4 Å². The van der Waals surface area contributed by atoms with E-state index in [1.54, 1.807) is 10.9 Å². The van der Waals surface area contributed by atoms with Crippen molar-refractivity contribution in [2.24, 2.45) is 17.3 Å². The van der Waals surface area contributed by atoms with Crippen molar-refractivity contribution in [1.82, 2.24) is 9.78 Å². The van der Waals surface area contributed by atoms with Crippen LogP contribution in [0, 0.1) is 28.6 Å². The number of Topliss-reactive ketones (excluding diaryl/α,β-unsaturated/α-hetero) is 1. The van der Waals surface area contributed by atoms with E-state index >= 15 is 0 Å². The van der Waals surface area contributed by atoms with Gasteiger partial charge >= 0.3 is 0 Å². The van der Waals surface area contributed by atoms with Crippen LogP contribution in [0.4, 0.5) is 0 Å². The summed E-state index contributed by atoms with van der Waals surface area (Å²) in [5.41, 5.74) is 0.573. The highest BCUT2D eigenvalue weighted by molar-refractivity contribution is 5.81. The molecule has 4 nitrogen and oxygen atoms in total. The topological polar surface area (TPSA) is 58.7 Å². The van der Waals surface area contributed by atoms with Gasteiger partial charge in [0, 0.05) is 12.1 Å². The van der Waals surface area contributed by atoms with Crippen molar-refractivity contribution < 1.29 is 4.79 Å². The first-order chi connectivity index (χ1) is 8.45. The maximum absolute atomic E-state index is 12.3. The Hall–Kier alpha value is -1.63. The number of nitriles is 1. The normalized spacial score (nSPS) is 25.9. The van der Waals surface area contributed by atoms with E-state index in [0.717, 1.165) is 12.8 Å². The number of hydrogen-bond donors (Lipinski definition) is 0. The zero-order valence-electron chi connectivity index (χ0n) is 11.2. The molecule has 2 atom stereocenters. The second-order valence-corrected chi connectivity index (χ2v) is 5.86. The molecule has 0 spiro atoms. The summed E-state index contributed by atoms with van der Waals surface area (Å²) in [6, 6.07) is 2.02. The molecule has 1 aromatic heterocycles. The summed E-state index contributed by atoms with van der Waals surface area (Å²) < 4.78 is 1.57. The van der Waals surface area contributed by atoms with Crippen LogP contribution >= 0.6 is 0 Å². The molecule has 4 heteroatoms. The Kier molecular flexibility index (Phi) is 3.25. The summed E-state index contributed by atoms with van der Waals surface area (Å²) in [5.74, 6) is 0.929. The third-order valence-electron chi connectivity index (χ3n) is 4.53. The molecule has 1 aromatic rings. The fourth-order valence-electron chi connectivity index (χ4n) is 2.86. The predicted molar refractivity (Wildman–Crippen MR) is 67.6 cm³/mol. The van der Waals surface area contributed by atoms with Crippen LogP contribution in [0.25, 0.3) is 0 Å². The molecule has 1 fully saturated rings. The van der Waals surface area contributed by atoms with Crippen molar-refractivity contribution >= 4 is 5.78 Å². The number of rotatable bonds is 3. The summed E-state index contributed by atoms with van der Waals surface area (Å²) >= 11 is 0. The number of carbonyl (C=O) groups is 1. The van der Waals surface area contributed by atoms with Crippen LogP contribution in [0.15, 0.2) is 12.4 Å². The lowest BCUT2D eigenvalue weighted by atomic mass is 9.74. The number of ketones is 1. The minimum Gasteiger partial charge on any atom is -0.297 e. The molecule has 0 aliphatic heterocycles. The first-order valence-electron chi connectivity index (χ1n) is 6.40. The first-order valence-corrected chi connectivity index (χ1v) is 6.40. The Bertz CT molecular complexity index is 495. The van der Waals surface area contributed by atoms with E-state index < -0.39 is 0 Å². The number of nitrogens with zero attached hydrogens (tertiary/aromatic N) is 3. The minimum atomic E-state index is 0.0717. The van der Waals surface area contributed by atoms with E-state index in [0.29, 0.717) is 11.5 Å². The van der Waals surface area contributed by atoms with Crippen LogP contribution in [0.5, 0.6) is 0 Å². The van der Waals surface area contributed by atoms with Crippen molar-refractivity contribution in [2.75, 3.05) is 0 Å². The predicted octanol–water partition coefficient (Wildman–Crippen LogP) is 2.40. The molecule has 0 bridgehead atoms. The van der Waals surface area contributed by atoms with Crippen LogP contribution in [0.2, 0.25) is 0 Å². The Morgan fingerprint density at radius 2 is 2.33 bits per heavy atom. The lowest BCUT2D eigenvalue weighted by Gasteiger charge is -2.30. The average Bonchev–Trinajstić information content (AvgIpc) is 2.85. The van der Waals surface area contributed by atoms with Gasteiger partial charge in [0.25, 0.3) is 0 Å². The van der Waals surface area contributed by atoms with E-state index in [-0.39, 0.29) is 23.7 Å². The van der Waals surface area contributed by atoms with Crippen molar-refractivity contribution in [3.8, 4) is 6.07 Å². The minimum absolute atomic E-state index is 0.0717. The zero-order valence-corrected chi connectivity index (χ0v) is 11.2. The molecule has 1 saturated carbocycles. The van der Waals surface area contributed by atoms with Crippen LogP contribution in [-0.2, 0) is 11.3 Å². The third-order valence-corrected chi connectivity index (χ3v) is 4.53. The van der Waals surface area contributed by atoms with Gasteiger partial charge in [0.1, 0.15) is 6.07 Å². The molecule has 2 rings (SSSR count). The molecule has 1 aliphatic rings. The molecule has 0 radical (unpaired) electrons. The highest BCUT2D eigenvalue weighted by atomic mass is 16.1. The SMILES string of the molecule is CC1CCC(C(=O)Cn2cc(C#N)cn2)C1(C)C. The molecular weight excluding hydrogens is 226 g/mol. The van der Waals surface area contributed by atoms with Crippen LogP contribution in [0.3, 0.4) is 0 Å². The van der Waals surface area contributed by atoms with Gasteiger partial charge in [0.05, 0.1) is 18.3 Å². The molecule has 18 heavy (non-hydrogen) atoms. The van der Waals surface area contributed by atoms with Crippen molar-refractivity contribution in [3.05, 3.63) is 18.0 Å². The second kappa shape index (κ2) is 4.56. The molecule has 1 heterocycles. The Morgan fingerprint density at radius 1 is 1.61 bits per heavy atom. The van der Waals surface area contributed by atoms with Gasteiger partial charge < -0.3 is 0 Å². The smallest absolute Gasteiger partial charge is 0.157 e. The summed E-state index contributed by atoms with van der Waals surface area (Å²) in [5, 5.41) is 12.8. The van der Waals surface area contributed by atoms with Gasteiger partial charge in [0.15, 0.2) is 5.78 Å². The molecule has 0 aromatic carbocycles. The maximum atomic E-state index is 12.3. The van der Waals surface area contributed by atoms with E-state index in [1.165, 1.54) is 6.20 Å². The lowest BCUT2D eigenvalue weighted by Crippen LogP contribution is -2.31. The Labute approximate surface area is 108 Å². The molecule has 2 unspecified atom stereocenters. The fourth-order valence-corrected chi connectivity index (χ4v) is 2.86. The van der Waals surface area contributed by atoms with Crippen molar-refractivity contribution in [3.63, 3.8) is 0 Å². The summed E-state index contributed by atoms with van der Waals surface area (Å²) in [6.07, 6.45) is 5.21. The fraction of sp³-hybridized carbons (Fsp3) is 0.643. The summed E-state index contributed by atoms with van der Waals surface area (Å²) in [7, 11) is 0. The van der Waals surface area contributed by atoms with Crippen LogP contribution in [-0.4, -0.2) is 15.6 Å². The van der Waals surface area contributed by atoms with Crippen molar-refractivity contribution in [1.29, 1.82) is 5.26 Å². The summed E-state index contributed by atoms with van der Waals surface area (Å²) in [6.45, 7) is 6.85. The average molecular weight is 245 g/mol. The van der Waals surface area contributed by atoms with E-state index in [1.807, 2.05) is 6.07 Å². The maximum Gasteiger partial charge on any atom is 0.157 e. The Morgan fingerprint density at radius 3 is 2.83 bits per heavy atom. The highest BCUT2D eigenvalue weighted by Gasteiger charge is 2.43. The van der Waals surface area contributed by atoms with Gasteiger partial charge in [0.2, 0.25) is 0 Å². The largest absolute Gasteiger partial charge is 0.297 e. The van der Waals surface area contributed by atoms with E-state index in [2.05, 4.69) is 25.9 Å². The second-order valence-electron chi connectivity index (χ2n) is 5.86. The van der Waals surface area contributed by atoms with Crippen molar-refractivity contribution in [2.45, 2.75) is 40.2 Å². The molecule has 96 valence electrons. The quantitative estimate of drug-likeness (QED) is 0.821. The van der Waals surface area contributed by atoms with Crippen LogP contribution in [0.1, 0.15) is 39.2 Å². The van der Waals surface area contributed by atoms with Gasteiger partial charge in [-0.15, -0.1) is 0 Å². The van der Waals surface area contributed by atoms with Gasteiger partial charge in [-0.05, 0) is 24.2 Å². The Balaban J connectivity index is 2.07. The molecule has 0 N–H and O–H groups in total. The molecule has 0 saturated heterocycles. The van der Waals surface area contributed by atoms with E-state index in [4.69, 9.17) is 5.26 Å². The standard InChI is InChI=1S/C14H19N3O/c1-10-4-5-12(14(10,2)3)13(18)9-17-8-11(6-15)7-16-17/h7-8,10,12H,4-5,9H2,1-3H3. The van der Waals surface area contributed by atoms with E-state index in [9.17, 15) is 4.79 Å². The molecule has 0 amide bonds. The van der Waals surface area contributed by atoms with Crippen LogP contribution < -0.4 is 0 Å². The number of aromatic nitrogens is 2. The lowest BCUT2D eigenvalue weighted by molar-refractivity contribution is -0.126. The third kappa shape index (κ3) is 2.17. The summed E-state index contributed by atoms with van der Waals surface area (Å²) in [4.78, 5) is 12.3. The molecular formula is C14H19N3O. The van der Waals surface area contributed by atoms with Gasteiger partial charge in [-0.25, -0.2) is 0 Å². The number of hydrogen-bond acceptors (Lipinski definition) is 3. The zero-order chi connectivity index (χ0) is 13.3.